The van der Waals surface area contributed by atoms with E-state index < -0.39 is 0 Å². The van der Waals surface area contributed by atoms with Crippen molar-refractivity contribution in [3.05, 3.63) is 35.4 Å². The average molecular weight is 317 g/mol. The van der Waals surface area contributed by atoms with Crippen LogP contribution in [0.3, 0.4) is 0 Å². The molecule has 3 aliphatic rings. The molecule has 0 unspecified atom stereocenters. The van der Waals surface area contributed by atoms with Crippen molar-refractivity contribution in [3.8, 4) is 0 Å². The summed E-state index contributed by atoms with van der Waals surface area (Å²) in [6.45, 7) is 7.54. The molecule has 0 nitrogen and oxygen atoms in total. The summed E-state index contributed by atoms with van der Waals surface area (Å²) >= 11 is 3.55. The summed E-state index contributed by atoms with van der Waals surface area (Å²) < 4.78 is 1.69. The zero-order valence-electron chi connectivity index (χ0n) is 12.1. The van der Waals surface area contributed by atoms with Gasteiger partial charge in [0.15, 0.2) is 0 Å². The van der Waals surface area contributed by atoms with Crippen LogP contribution in [0, 0.1) is 22.2 Å². The van der Waals surface area contributed by atoms with Crippen molar-refractivity contribution >= 4 is 20.0 Å². The summed E-state index contributed by atoms with van der Waals surface area (Å²) in [6.07, 6.45) is 5.35. The molecule has 3 aliphatic carbocycles. The van der Waals surface area contributed by atoms with E-state index in [0.717, 1.165) is 5.92 Å². The second kappa shape index (κ2) is 3.43. The van der Waals surface area contributed by atoms with Gasteiger partial charge >= 0.3 is 124 Å². The van der Waals surface area contributed by atoms with Crippen molar-refractivity contribution in [1.29, 1.82) is 0 Å². The summed E-state index contributed by atoms with van der Waals surface area (Å²) in [5.74, 6) is 0.855. The van der Waals surface area contributed by atoms with Crippen molar-refractivity contribution < 1.29 is 0 Å². The third-order valence-corrected chi connectivity index (χ3v) is 8.78. The van der Waals surface area contributed by atoms with Crippen molar-refractivity contribution in [2.24, 2.45) is 22.2 Å². The molecular weight excluding hydrogens is 295 g/mol. The molecule has 100 valence electrons. The summed E-state index contributed by atoms with van der Waals surface area (Å²) in [7, 11) is 0. The molecule has 0 amide bonds. The summed E-state index contributed by atoms with van der Waals surface area (Å²) in [5, 5.41) is 0. The molecule has 4 rings (SSSR count). The number of fused-ring (bicyclic) bond motifs is 4. The molecule has 1 aromatic rings. The Morgan fingerprint density at radius 1 is 1.05 bits per heavy atom. The van der Waals surface area contributed by atoms with Crippen LogP contribution in [0.1, 0.15) is 44.7 Å². The maximum absolute atomic E-state index is 3.55. The topological polar surface area (TPSA) is 0 Å². The van der Waals surface area contributed by atoms with Gasteiger partial charge in [0.2, 0.25) is 0 Å². The van der Waals surface area contributed by atoms with E-state index >= 15 is 0 Å². The zero-order chi connectivity index (χ0) is 13.5. The third-order valence-electron chi connectivity index (χ3n) is 6.98. The number of hydrogen-bond acceptors (Lipinski definition) is 0. The summed E-state index contributed by atoms with van der Waals surface area (Å²) in [4.78, 5) is 0. The van der Waals surface area contributed by atoms with Crippen LogP contribution in [0.5, 0.6) is 0 Å². The molecule has 0 heterocycles. The number of rotatable bonds is 0. The zero-order valence-corrected chi connectivity index (χ0v) is 13.8. The molecule has 0 saturated heterocycles. The van der Waals surface area contributed by atoms with E-state index in [0.29, 0.717) is 16.2 Å². The molecule has 0 aliphatic heterocycles. The van der Waals surface area contributed by atoms with Crippen LogP contribution < -0.4 is 0 Å². The minimum atomic E-state index is 0.416. The molecule has 2 fully saturated rings. The van der Waals surface area contributed by atoms with Gasteiger partial charge in [-0.25, -0.2) is 0 Å². The van der Waals surface area contributed by atoms with Crippen LogP contribution in [-0.2, 0) is 12.8 Å². The Morgan fingerprint density at radius 2 is 1.63 bits per heavy atom. The predicted molar refractivity (Wildman–Crippen MR) is 81.7 cm³/mol. The van der Waals surface area contributed by atoms with E-state index in [2.05, 4.69) is 60.6 Å². The molecular formula is C18H22Se. The molecule has 2 bridgehead atoms. The van der Waals surface area contributed by atoms with Gasteiger partial charge in [0.05, 0.1) is 0 Å². The van der Waals surface area contributed by atoms with E-state index in [1.165, 1.54) is 25.7 Å². The van der Waals surface area contributed by atoms with Gasteiger partial charge in [-0.05, 0) is 0 Å². The van der Waals surface area contributed by atoms with Gasteiger partial charge in [-0.1, -0.05) is 0 Å². The fourth-order valence-electron chi connectivity index (χ4n) is 5.63. The van der Waals surface area contributed by atoms with Crippen molar-refractivity contribution in [1.82, 2.24) is 0 Å². The van der Waals surface area contributed by atoms with E-state index in [4.69, 9.17) is 0 Å². The van der Waals surface area contributed by atoms with Crippen LogP contribution in [-0.4, -0.2) is 20.0 Å². The number of benzene rings is 1. The Hall–Kier alpha value is -0.391. The second-order valence-corrected chi connectivity index (χ2v) is 8.61. The Labute approximate surface area is 124 Å². The van der Waals surface area contributed by atoms with Crippen LogP contribution >= 0.6 is 0 Å². The standard InChI is InChI=1S/C18H22Se/c1-16(2)14-8-9-17(16,3)15(19)18(14)10-12-6-4-5-7-13(12)11-18/h4-7,14H,8-11H2,1-3H3/t14-,17-/m0/s1. The first-order valence-corrected chi connectivity index (χ1v) is 8.39. The van der Waals surface area contributed by atoms with Gasteiger partial charge in [0.25, 0.3) is 0 Å². The van der Waals surface area contributed by atoms with Gasteiger partial charge in [-0.3, -0.25) is 0 Å². The Morgan fingerprint density at radius 3 is 2.11 bits per heavy atom. The monoisotopic (exact) mass is 318 g/mol. The third kappa shape index (κ3) is 1.21. The van der Waals surface area contributed by atoms with Gasteiger partial charge in [-0.2, -0.15) is 0 Å². The predicted octanol–water partition coefficient (Wildman–Crippen LogP) is 3.57. The van der Waals surface area contributed by atoms with Gasteiger partial charge in [-0.15, -0.1) is 0 Å². The summed E-state index contributed by atoms with van der Waals surface area (Å²) in [6, 6.07) is 9.10. The second-order valence-electron chi connectivity index (χ2n) is 7.75. The van der Waals surface area contributed by atoms with Crippen LogP contribution in [0.15, 0.2) is 24.3 Å². The molecule has 1 heteroatoms. The van der Waals surface area contributed by atoms with Crippen molar-refractivity contribution in [3.63, 3.8) is 0 Å². The van der Waals surface area contributed by atoms with E-state index in [9.17, 15) is 0 Å². The first-order chi connectivity index (χ1) is 8.92. The Bertz CT molecular complexity index is 558. The first-order valence-electron chi connectivity index (χ1n) is 7.53. The van der Waals surface area contributed by atoms with Gasteiger partial charge < -0.3 is 0 Å². The quantitative estimate of drug-likeness (QED) is 0.642. The van der Waals surface area contributed by atoms with Gasteiger partial charge in [0.1, 0.15) is 0 Å². The molecule has 2 saturated carbocycles. The fraction of sp³-hybridized carbons (Fsp3) is 0.611. The van der Waals surface area contributed by atoms with E-state index in [1.807, 2.05) is 0 Å². The maximum atomic E-state index is 3.55. The van der Waals surface area contributed by atoms with Crippen molar-refractivity contribution in [2.75, 3.05) is 0 Å². The Balaban J connectivity index is 1.86. The molecule has 19 heavy (non-hydrogen) atoms. The van der Waals surface area contributed by atoms with Crippen LogP contribution in [0.4, 0.5) is 0 Å². The summed E-state index contributed by atoms with van der Waals surface area (Å²) in [5.41, 5.74) is 4.50. The SMILES string of the molecule is CC1(C)[C@@H]2CC[C@@]1(C)C(=[Se])C21Cc2ccccc2C1. The Kier molecular flexibility index (Phi) is 2.23. The first kappa shape index (κ1) is 12.4. The fourth-order valence-corrected chi connectivity index (χ4v) is 7.00. The van der Waals surface area contributed by atoms with E-state index in [1.54, 1.807) is 15.5 Å². The minimum absolute atomic E-state index is 0.416. The molecule has 1 aromatic carbocycles. The molecule has 0 radical (unpaired) electrons. The average Bonchev–Trinajstić information content (AvgIpc) is 2.88. The molecule has 2 atom stereocenters. The normalized spacial score (nSPS) is 37.0. The molecule has 0 aromatic heterocycles. The van der Waals surface area contributed by atoms with Crippen LogP contribution in [0.2, 0.25) is 0 Å². The molecule has 0 N–H and O–H groups in total. The van der Waals surface area contributed by atoms with Crippen molar-refractivity contribution in [2.45, 2.75) is 46.5 Å². The van der Waals surface area contributed by atoms with E-state index in [-0.39, 0.29) is 0 Å². The van der Waals surface area contributed by atoms with Crippen LogP contribution in [0.25, 0.3) is 0 Å². The van der Waals surface area contributed by atoms with Gasteiger partial charge in [0, 0.05) is 0 Å². The molecule has 1 spiro atoms. The number of hydrogen-bond donors (Lipinski definition) is 0.